The smallest absolute Gasteiger partial charge is 0.0208 e. The van der Waals surface area contributed by atoms with E-state index in [1.165, 1.54) is 24.0 Å². The van der Waals surface area contributed by atoms with Crippen LogP contribution < -0.4 is 10.6 Å². The van der Waals surface area contributed by atoms with Crippen molar-refractivity contribution in [2.75, 3.05) is 11.5 Å². The highest BCUT2D eigenvalue weighted by Gasteiger charge is 2.09. The maximum absolute atomic E-state index is 3.68. The molecule has 0 spiro atoms. The lowest BCUT2D eigenvalue weighted by atomic mass is 10.2. The van der Waals surface area contributed by atoms with Crippen molar-refractivity contribution in [2.24, 2.45) is 0 Å². The summed E-state index contributed by atoms with van der Waals surface area (Å²) in [5.41, 5.74) is 2.72. The van der Waals surface area contributed by atoms with Gasteiger partial charge in [-0.2, -0.15) is 0 Å². The average Bonchev–Trinajstić information content (AvgIpc) is 2.71. The van der Waals surface area contributed by atoms with Crippen LogP contribution in [0.5, 0.6) is 0 Å². The van der Waals surface area contributed by atoms with Gasteiger partial charge in [-0.25, -0.2) is 0 Å². The van der Waals surface area contributed by atoms with Crippen LogP contribution in [0.4, 0.5) is 0 Å². The highest BCUT2D eigenvalue weighted by atomic mass is 33.1. The third-order valence-corrected chi connectivity index (χ3v) is 7.04. The summed E-state index contributed by atoms with van der Waals surface area (Å²) in [5.74, 6) is 2.31. The maximum Gasteiger partial charge on any atom is 0.0208 e. The number of hydrogen-bond donors (Lipinski definition) is 2. The molecule has 0 bridgehead atoms. The normalized spacial score (nSPS) is 13.5. The Morgan fingerprint density at radius 2 is 1.04 bits per heavy atom. The fraction of sp³-hybridized carbons (Fsp3) is 0.455. The quantitative estimate of drug-likeness (QED) is 0.349. The first-order valence-electron chi connectivity index (χ1n) is 9.60. The number of hydrogen-bond acceptors (Lipinski definition) is 4. The number of nitrogens with one attached hydrogen (secondary N) is 2. The highest BCUT2D eigenvalue weighted by Crippen LogP contribution is 2.24. The van der Waals surface area contributed by atoms with E-state index in [4.69, 9.17) is 0 Å². The molecule has 26 heavy (non-hydrogen) atoms. The third-order valence-electron chi connectivity index (χ3n) is 4.48. The number of benzene rings is 2. The molecule has 2 N–H and O–H groups in total. The molecule has 0 amide bonds. The molecule has 0 unspecified atom stereocenters. The summed E-state index contributed by atoms with van der Waals surface area (Å²) in [6.07, 6.45) is 2.34. The predicted molar refractivity (Wildman–Crippen MR) is 120 cm³/mol. The Labute approximate surface area is 167 Å². The van der Waals surface area contributed by atoms with Crippen LogP contribution in [0.3, 0.4) is 0 Å². The van der Waals surface area contributed by atoms with Crippen molar-refractivity contribution in [3.05, 3.63) is 71.8 Å². The van der Waals surface area contributed by atoms with Gasteiger partial charge in [0.15, 0.2) is 0 Å². The monoisotopic (exact) mass is 388 g/mol. The molecule has 0 aliphatic heterocycles. The van der Waals surface area contributed by atoms with Crippen LogP contribution in [0.1, 0.15) is 37.8 Å². The summed E-state index contributed by atoms with van der Waals surface area (Å²) >= 11 is 0. The van der Waals surface area contributed by atoms with Crippen LogP contribution in [0, 0.1) is 0 Å². The van der Waals surface area contributed by atoms with Gasteiger partial charge in [-0.05, 0) is 24.0 Å². The molecular weight excluding hydrogens is 356 g/mol. The van der Waals surface area contributed by atoms with E-state index >= 15 is 0 Å². The highest BCUT2D eigenvalue weighted by molar-refractivity contribution is 8.76. The molecule has 0 aliphatic carbocycles. The Kier molecular flexibility index (Phi) is 10.9. The third kappa shape index (κ3) is 8.63. The minimum atomic E-state index is 0.574. The molecule has 2 aromatic carbocycles. The molecule has 0 aromatic heterocycles. The molecule has 142 valence electrons. The zero-order valence-corrected chi connectivity index (χ0v) is 17.6. The molecule has 0 fully saturated rings. The summed E-state index contributed by atoms with van der Waals surface area (Å²) < 4.78 is 0. The van der Waals surface area contributed by atoms with Crippen molar-refractivity contribution in [1.82, 2.24) is 10.6 Å². The van der Waals surface area contributed by atoms with E-state index in [0.717, 1.165) is 24.6 Å². The fourth-order valence-corrected chi connectivity index (χ4v) is 5.41. The Morgan fingerprint density at radius 1 is 0.654 bits per heavy atom. The van der Waals surface area contributed by atoms with Crippen molar-refractivity contribution in [2.45, 2.75) is 51.9 Å². The topological polar surface area (TPSA) is 24.1 Å². The second kappa shape index (κ2) is 13.3. The van der Waals surface area contributed by atoms with Crippen molar-refractivity contribution in [3.63, 3.8) is 0 Å². The second-order valence-electron chi connectivity index (χ2n) is 6.51. The maximum atomic E-state index is 3.68. The summed E-state index contributed by atoms with van der Waals surface area (Å²) in [6.45, 7) is 6.45. The van der Waals surface area contributed by atoms with Gasteiger partial charge >= 0.3 is 0 Å². The molecule has 0 saturated heterocycles. The molecule has 2 nitrogen and oxygen atoms in total. The first-order chi connectivity index (χ1) is 12.8. The summed E-state index contributed by atoms with van der Waals surface area (Å²) in [5, 5.41) is 7.37. The average molecular weight is 389 g/mol. The zero-order chi connectivity index (χ0) is 18.5. The van der Waals surface area contributed by atoms with E-state index in [-0.39, 0.29) is 0 Å². The molecular formula is C22H32N2S2. The second-order valence-corrected chi connectivity index (χ2v) is 9.06. The van der Waals surface area contributed by atoms with Crippen molar-refractivity contribution >= 4 is 21.6 Å². The van der Waals surface area contributed by atoms with Crippen LogP contribution in [-0.4, -0.2) is 23.6 Å². The largest absolute Gasteiger partial charge is 0.309 e. The summed E-state index contributed by atoms with van der Waals surface area (Å²) in [4.78, 5) is 0. The van der Waals surface area contributed by atoms with Crippen molar-refractivity contribution < 1.29 is 0 Å². The van der Waals surface area contributed by atoms with Gasteiger partial charge in [0.25, 0.3) is 0 Å². The van der Waals surface area contributed by atoms with E-state index < -0.39 is 0 Å². The zero-order valence-electron chi connectivity index (χ0n) is 16.0. The molecule has 2 aromatic rings. The van der Waals surface area contributed by atoms with Gasteiger partial charge in [-0.1, -0.05) is 96.1 Å². The van der Waals surface area contributed by atoms with Gasteiger partial charge in [-0.15, -0.1) is 0 Å². The Balaban J connectivity index is 1.60. The Bertz CT molecular complexity index is 524. The van der Waals surface area contributed by atoms with Crippen molar-refractivity contribution in [3.8, 4) is 0 Å². The predicted octanol–water partition coefficient (Wildman–Crippen LogP) is 5.50. The van der Waals surface area contributed by atoms with E-state index in [2.05, 4.69) is 85.1 Å². The first kappa shape index (κ1) is 21.4. The van der Waals surface area contributed by atoms with Crippen LogP contribution in [-0.2, 0) is 13.1 Å². The first-order valence-corrected chi connectivity index (χ1v) is 12.1. The summed E-state index contributed by atoms with van der Waals surface area (Å²) in [7, 11) is 4.00. The lowest BCUT2D eigenvalue weighted by Gasteiger charge is -2.19. The lowest BCUT2D eigenvalue weighted by Crippen LogP contribution is -2.31. The van der Waals surface area contributed by atoms with Crippen LogP contribution in [0.2, 0.25) is 0 Å². The fourth-order valence-electron chi connectivity index (χ4n) is 2.62. The standard InChI is InChI=1S/C22H32N2S2/c1-3-21(23-15-19-11-7-5-8-12-19)17-25-26-18-22(4-2)24-16-20-13-9-6-10-14-20/h5-14,21-24H,3-4,15-18H2,1-2H3/t21-,22-/m0/s1. The van der Waals surface area contributed by atoms with Gasteiger partial charge in [0, 0.05) is 36.7 Å². The van der Waals surface area contributed by atoms with Crippen LogP contribution >= 0.6 is 21.6 Å². The minimum Gasteiger partial charge on any atom is -0.309 e. The molecule has 0 saturated carbocycles. The van der Waals surface area contributed by atoms with Gasteiger partial charge in [0.1, 0.15) is 0 Å². The van der Waals surface area contributed by atoms with Gasteiger partial charge in [-0.3, -0.25) is 0 Å². The Hall–Kier alpha value is -0.940. The molecule has 0 heterocycles. The summed E-state index contributed by atoms with van der Waals surface area (Å²) in [6, 6.07) is 22.5. The molecule has 2 atom stereocenters. The molecule has 0 radical (unpaired) electrons. The van der Waals surface area contributed by atoms with Gasteiger partial charge < -0.3 is 10.6 Å². The van der Waals surface area contributed by atoms with E-state index in [0.29, 0.717) is 12.1 Å². The van der Waals surface area contributed by atoms with Crippen LogP contribution in [0.15, 0.2) is 60.7 Å². The van der Waals surface area contributed by atoms with E-state index in [1.54, 1.807) is 0 Å². The lowest BCUT2D eigenvalue weighted by molar-refractivity contribution is 0.540. The minimum absolute atomic E-state index is 0.574. The van der Waals surface area contributed by atoms with Crippen molar-refractivity contribution in [1.29, 1.82) is 0 Å². The number of rotatable bonds is 13. The SMILES string of the molecule is CC[C@@H](CSSC[C@H](CC)NCc1ccccc1)NCc1ccccc1. The van der Waals surface area contributed by atoms with E-state index in [9.17, 15) is 0 Å². The van der Waals surface area contributed by atoms with E-state index in [1.807, 2.05) is 21.6 Å². The Morgan fingerprint density at radius 3 is 1.38 bits per heavy atom. The molecule has 0 aliphatic rings. The van der Waals surface area contributed by atoms with Gasteiger partial charge in [0.2, 0.25) is 0 Å². The molecule has 4 heteroatoms. The van der Waals surface area contributed by atoms with Gasteiger partial charge in [0.05, 0.1) is 0 Å². The van der Waals surface area contributed by atoms with Crippen LogP contribution in [0.25, 0.3) is 0 Å². The molecule has 2 rings (SSSR count).